The van der Waals surface area contributed by atoms with Crippen LogP contribution < -0.4 is 4.74 Å². The molecule has 0 amide bonds. The second kappa shape index (κ2) is 7.37. The topological polar surface area (TPSA) is 61.0 Å². The number of aryl methyl sites for hydroxylation is 1. The zero-order valence-corrected chi connectivity index (χ0v) is 14.7. The molecule has 0 aliphatic carbocycles. The van der Waals surface area contributed by atoms with Gasteiger partial charge < -0.3 is 4.74 Å². The first-order valence-corrected chi connectivity index (χ1v) is 8.28. The van der Waals surface area contributed by atoms with Crippen LogP contribution in [0, 0.1) is 24.3 Å². The van der Waals surface area contributed by atoms with Crippen molar-refractivity contribution in [2.45, 2.75) is 13.8 Å². The van der Waals surface area contributed by atoms with Gasteiger partial charge in [-0.3, -0.25) is 0 Å². The monoisotopic (exact) mass is 352 g/mol. The Morgan fingerprint density at radius 2 is 2.08 bits per heavy atom. The number of aliphatic imine (C=N–C) groups is 1. The normalized spacial score (nSPS) is 17.2. The molecule has 0 spiro atoms. The predicted molar refractivity (Wildman–Crippen MR) is 98.7 cm³/mol. The van der Waals surface area contributed by atoms with Crippen molar-refractivity contribution in [1.29, 1.82) is 5.26 Å². The molecule has 2 aromatic carbocycles. The van der Waals surface area contributed by atoms with Gasteiger partial charge in [-0.25, -0.2) is 5.01 Å². The summed E-state index contributed by atoms with van der Waals surface area (Å²) >= 11 is 6.11. The second-order valence-electron chi connectivity index (χ2n) is 5.84. The predicted octanol–water partition coefficient (Wildman–Crippen LogP) is 4.22. The van der Waals surface area contributed by atoms with Crippen LogP contribution in [0.3, 0.4) is 0 Å². The molecule has 1 heterocycles. The minimum absolute atomic E-state index is 0.168. The Morgan fingerprint density at radius 3 is 2.76 bits per heavy atom. The molecule has 3 rings (SSSR count). The van der Waals surface area contributed by atoms with Crippen molar-refractivity contribution in [3.63, 3.8) is 0 Å². The van der Waals surface area contributed by atoms with E-state index in [0.717, 1.165) is 21.9 Å². The lowest BCUT2D eigenvalue weighted by Crippen LogP contribution is -2.30. The summed E-state index contributed by atoms with van der Waals surface area (Å²) in [5.41, 5.74) is 2.92. The number of ether oxygens (including phenoxy) is 1. The molecule has 1 aliphatic rings. The van der Waals surface area contributed by atoms with Gasteiger partial charge in [0, 0.05) is 10.9 Å². The van der Waals surface area contributed by atoms with E-state index in [1.807, 2.05) is 43.3 Å². The van der Waals surface area contributed by atoms with E-state index in [9.17, 15) is 0 Å². The zero-order chi connectivity index (χ0) is 17.8. The number of nitrogens with zero attached hydrogens (tertiary/aromatic N) is 4. The summed E-state index contributed by atoms with van der Waals surface area (Å²) in [5.74, 6) is 0.777. The van der Waals surface area contributed by atoms with Crippen LogP contribution >= 0.6 is 11.6 Å². The molecule has 0 radical (unpaired) electrons. The molecule has 5 nitrogen and oxygen atoms in total. The van der Waals surface area contributed by atoms with Crippen LogP contribution in [0.2, 0.25) is 5.02 Å². The highest BCUT2D eigenvalue weighted by atomic mass is 35.5. The van der Waals surface area contributed by atoms with Gasteiger partial charge in [-0.2, -0.15) is 10.4 Å². The number of hydrogen-bond donors (Lipinski definition) is 0. The van der Waals surface area contributed by atoms with E-state index in [4.69, 9.17) is 21.6 Å². The first-order chi connectivity index (χ1) is 12.1. The highest BCUT2D eigenvalue weighted by Crippen LogP contribution is 2.24. The Hall–Kier alpha value is -2.84. The van der Waals surface area contributed by atoms with Crippen molar-refractivity contribution in [3.8, 4) is 11.9 Å². The largest absolute Gasteiger partial charge is 0.424 e. The van der Waals surface area contributed by atoms with Crippen LogP contribution in [-0.2, 0) is 0 Å². The van der Waals surface area contributed by atoms with E-state index in [0.29, 0.717) is 12.3 Å². The summed E-state index contributed by atoms with van der Waals surface area (Å²) < 4.78 is 5.74. The Balaban J connectivity index is 1.88. The summed E-state index contributed by atoms with van der Waals surface area (Å²) in [5, 5.41) is 16.0. The number of nitriles is 1. The van der Waals surface area contributed by atoms with Crippen molar-refractivity contribution in [2.24, 2.45) is 16.0 Å². The quantitative estimate of drug-likeness (QED) is 0.462. The van der Waals surface area contributed by atoms with Crippen molar-refractivity contribution in [1.82, 2.24) is 5.01 Å². The van der Waals surface area contributed by atoms with Gasteiger partial charge in [-0.1, -0.05) is 42.8 Å². The first-order valence-electron chi connectivity index (χ1n) is 7.90. The fourth-order valence-corrected chi connectivity index (χ4v) is 2.77. The maximum absolute atomic E-state index is 8.98. The van der Waals surface area contributed by atoms with Crippen LogP contribution in [0.25, 0.3) is 0 Å². The zero-order valence-electron chi connectivity index (χ0n) is 14.0. The van der Waals surface area contributed by atoms with E-state index < -0.39 is 0 Å². The lowest BCUT2D eigenvalue weighted by Gasteiger charge is -2.15. The minimum atomic E-state index is 0.168. The van der Waals surface area contributed by atoms with E-state index in [-0.39, 0.29) is 11.9 Å². The molecule has 0 fully saturated rings. The molecule has 2 aromatic rings. The van der Waals surface area contributed by atoms with Gasteiger partial charge in [-0.05, 0) is 42.3 Å². The fraction of sp³-hybridized carbons (Fsp3) is 0.211. The number of para-hydroxylation sites is 1. The molecule has 1 atom stereocenters. The third-order valence-corrected chi connectivity index (χ3v) is 4.34. The van der Waals surface area contributed by atoms with Gasteiger partial charge in [-0.15, -0.1) is 4.99 Å². The van der Waals surface area contributed by atoms with Crippen LogP contribution in [-0.4, -0.2) is 23.3 Å². The van der Waals surface area contributed by atoms with Gasteiger partial charge in [0.05, 0.1) is 12.3 Å². The molecule has 0 saturated carbocycles. The van der Waals surface area contributed by atoms with E-state index in [1.165, 1.54) is 0 Å². The van der Waals surface area contributed by atoms with E-state index >= 15 is 0 Å². The standard InChI is InChI=1S/C19H17ClN4O/c1-13-10-15(8-9-17(13)20)18-14(2)11-24(23-18)19(22-12-21)25-16-6-4-3-5-7-16/h3-10,14H,11H2,1-2H3/b22-19+. The average molecular weight is 353 g/mol. The maximum atomic E-state index is 8.98. The number of benzene rings is 2. The molecule has 0 saturated heterocycles. The number of amidine groups is 1. The number of rotatable bonds is 2. The van der Waals surface area contributed by atoms with Crippen molar-refractivity contribution >= 4 is 23.3 Å². The lowest BCUT2D eigenvalue weighted by atomic mass is 9.98. The molecule has 25 heavy (non-hydrogen) atoms. The van der Waals surface area contributed by atoms with Gasteiger partial charge in [0.15, 0.2) is 0 Å². The van der Waals surface area contributed by atoms with Crippen molar-refractivity contribution in [3.05, 3.63) is 64.7 Å². The molecule has 1 unspecified atom stereocenters. The minimum Gasteiger partial charge on any atom is -0.424 e. The van der Waals surface area contributed by atoms with Gasteiger partial charge in [0.2, 0.25) is 6.19 Å². The van der Waals surface area contributed by atoms with Crippen LogP contribution in [0.5, 0.6) is 5.75 Å². The highest BCUT2D eigenvalue weighted by Gasteiger charge is 2.28. The third kappa shape index (κ3) is 3.81. The Bertz CT molecular complexity index is 871. The molecular formula is C19H17ClN4O. The van der Waals surface area contributed by atoms with Gasteiger partial charge in [0.25, 0.3) is 0 Å². The van der Waals surface area contributed by atoms with Crippen LogP contribution in [0.15, 0.2) is 58.6 Å². The van der Waals surface area contributed by atoms with Crippen LogP contribution in [0.1, 0.15) is 18.1 Å². The van der Waals surface area contributed by atoms with Crippen molar-refractivity contribution < 1.29 is 4.74 Å². The average Bonchev–Trinajstić information content (AvgIpc) is 3.00. The molecule has 6 heteroatoms. The number of hydrogen-bond acceptors (Lipinski definition) is 4. The van der Waals surface area contributed by atoms with E-state index in [2.05, 4.69) is 17.0 Å². The molecule has 0 aromatic heterocycles. The smallest absolute Gasteiger partial charge is 0.329 e. The molecule has 0 N–H and O–H groups in total. The molecule has 1 aliphatic heterocycles. The second-order valence-corrected chi connectivity index (χ2v) is 6.25. The molecular weight excluding hydrogens is 336 g/mol. The number of hydrazone groups is 1. The van der Waals surface area contributed by atoms with Gasteiger partial charge in [0.1, 0.15) is 5.75 Å². The third-order valence-electron chi connectivity index (χ3n) is 3.91. The van der Waals surface area contributed by atoms with E-state index in [1.54, 1.807) is 23.3 Å². The Morgan fingerprint density at radius 1 is 1.32 bits per heavy atom. The maximum Gasteiger partial charge on any atom is 0.329 e. The highest BCUT2D eigenvalue weighted by molar-refractivity contribution is 6.31. The van der Waals surface area contributed by atoms with Crippen molar-refractivity contribution in [2.75, 3.05) is 6.54 Å². The summed E-state index contributed by atoms with van der Waals surface area (Å²) in [6.45, 7) is 4.63. The first kappa shape index (κ1) is 17.0. The van der Waals surface area contributed by atoms with Gasteiger partial charge >= 0.3 is 6.02 Å². The Labute approximate surface area is 151 Å². The number of halogens is 1. The molecule has 126 valence electrons. The summed E-state index contributed by atoms with van der Waals surface area (Å²) in [6, 6.07) is 15.2. The summed E-state index contributed by atoms with van der Waals surface area (Å²) in [7, 11) is 0. The molecule has 0 bridgehead atoms. The summed E-state index contributed by atoms with van der Waals surface area (Å²) in [4.78, 5) is 3.79. The summed E-state index contributed by atoms with van der Waals surface area (Å²) in [6.07, 6.45) is 1.79. The lowest BCUT2D eigenvalue weighted by molar-refractivity contribution is 0.361. The fourth-order valence-electron chi connectivity index (χ4n) is 2.65. The Kier molecular flexibility index (Phi) is 5.01. The van der Waals surface area contributed by atoms with Crippen LogP contribution in [0.4, 0.5) is 0 Å². The SMILES string of the molecule is Cc1cc(C2=NN(/C(=N\C#N)Oc3ccccc3)CC2C)ccc1Cl.